The smallest absolute Gasteiger partial charge is 0.213 e. The number of hydrogen-bond donors (Lipinski definition) is 1. The third kappa shape index (κ3) is 3.40. The molecule has 1 aromatic rings. The number of hydrogen-bond acceptors (Lipinski definition) is 4. The van der Waals surface area contributed by atoms with E-state index in [-0.39, 0.29) is 6.10 Å². The van der Waals surface area contributed by atoms with Gasteiger partial charge in [0, 0.05) is 25.9 Å². The minimum absolute atomic E-state index is 0.125. The van der Waals surface area contributed by atoms with Gasteiger partial charge in [-0.1, -0.05) is 6.07 Å². The highest BCUT2D eigenvalue weighted by Gasteiger charge is 2.07. The van der Waals surface area contributed by atoms with Crippen LogP contribution in [-0.4, -0.2) is 31.3 Å². The van der Waals surface area contributed by atoms with Crippen molar-refractivity contribution >= 4 is 0 Å². The summed E-state index contributed by atoms with van der Waals surface area (Å²) in [4.78, 5) is 4.02. The Kier molecular flexibility index (Phi) is 4.21. The van der Waals surface area contributed by atoms with Crippen LogP contribution in [-0.2, 0) is 4.74 Å². The lowest BCUT2D eigenvalue weighted by molar-refractivity contribution is 0.0829. The Hall–Kier alpha value is -1.13. The predicted octanol–water partition coefficient (Wildman–Crippen LogP) is 0.434. The van der Waals surface area contributed by atoms with Gasteiger partial charge < -0.3 is 15.2 Å². The van der Waals surface area contributed by atoms with E-state index in [0.717, 1.165) is 0 Å². The van der Waals surface area contributed by atoms with Crippen molar-refractivity contribution in [1.82, 2.24) is 4.98 Å². The Labute approximate surface area is 77.7 Å². The molecule has 0 aliphatic carbocycles. The molecule has 1 atom stereocenters. The second-order valence-corrected chi connectivity index (χ2v) is 2.60. The highest BCUT2D eigenvalue weighted by Crippen LogP contribution is 2.05. The number of rotatable bonds is 5. The zero-order valence-corrected chi connectivity index (χ0v) is 7.64. The molecule has 1 rings (SSSR count). The summed E-state index contributed by atoms with van der Waals surface area (Å²) in [5.74, 6) is 0.579. The van der Waals surface area contributed by atoms with Gasteiger partial charge in [0.25, 0.3) is 0 Å². The van der Waals surface area contributed by atoms with Gasteiger partial charge in [0.1, 0.15) is 6.10 Å². The summed E-state index contributed by atoms with van der Waals surface area (Å²) in [6.07, 6.45) is 1.55. The summed E-state index contributed by atoms with van der Waals surface area (Å²) >= 11 is 0. The zero-order chi connectivity index (χ0) is 9.52. The summed E-state index contributed by atoms with van der Waals surface area (Å²) in [6, 6.07) is 5.49. The van der Waals surface area contributed by atoms with Crippen molar-refractivity contribution in [2.24, 2.45) is 5.73 Å². The highest BCUT2D eigenvalue weighted by atomic mass is 16.5. The van der Waals surface area contributed by atoms with Crippen LogP contribution in [0.2, 0.25) is 0 Å². The van der Waals surface area contributed by atoms with E-state index in [1.165, 1.54) is 0 Å². The summed E-state index contributed by atoms with van der Waals surface area (Å²) in [5, 5.41) is 0. The summed E-state index contributed by atoms with van der Waals surface area (Å²) < 4.78 is 10.4. The van der Waals surface area contributed by atoms with Crippen molar-refractivity contribution in [2.75, 3.05) is 20.3 Å². The Morgan fingerprint density at radius 3 is 2.92 bits per heavy atom. The molecular formula is C9H14N2O2. The van der Waals surface area contributed by atoms with E-state index < -0.39 is 0 Å². The van der Waals surface area contributed by atoms with E-state index in [1.54, 1.807) is 19.4 Å². The molecular weight excluding hydrogens is 168 g/mol. The molecule has 0 spiro atoms. The minimum Gasteiger partial charge on any atom is -0.471 e. The Morgan fingerprint density at radius 2 is 2.38 bits per heavy atom. The van der Waals surface area contributed by atoms with Crippen molar-refractivity contribution < 1.29 is 9.47 Å². The molecule has 4 heteroatoms. The topological polar surface area (TPSA) is 57.4 Å². The van der Waals surface area contributed by atoms with Gasteiger partial charge in [-0.05, 0) is 6.07 Å². The Balaban J connectivity index is 2.46. The van der Waals surface area contributed by atoms with Crippen molar-refractivity contribution in [3.63, 3.8) is 0 Å². The number of nitrogens with zero attached hydrogens (tertiary/aromatic N) is 1. The molecule has 0 fully saturated rings. The number of pyridine rings is 1. The predicted molar refractivity (Wildman–Crippen MR) is 49.6 cm³/mol. The SMILES string of the molecule is COC[C@H](CN)Oc1ccccn1. The van der Waals surface area contributed by atoms with E-state index in [2.05, 4.69) is 4.98 Å². The van der Waals surface area contributed by atoms with Crippen molar-refractivity contribution in [3.8, 4) is 5.88 Å². The van der Waals surface area contributed by atoms with Crippen LogP contribution in [0, 0.1) is 0 Å². The van der Waals surface area contributed by atoms with E-state index in [1.807, 2.05) is 12.1 Å². The number of nitrogens with two attached hydrogens (primary N) is 1. The van der Waals surface area contributed by atoms with Gasteiger partial charge in [0.15, 0.2) is 0 Å². The maximum atomic E-state index is 5.47. The molecule has 4 nitrogen and oxygen atoms in total. The van der Waals surface area contributed by atoms with Crippen LogP contribution in [0.25, 0.3) is 0 Å². The van der Waals surface area contributed by atoms with Crippen LogP contribution in [0.3, 0.4) is 0 Å². The first kappa shape index (κ1) is 9.95. The molecule has 1 heterocycles. The van der Waals surface area contributed by atoms with Crippen LogP contribution < -0.4 is 10.5 Å². The first-order valence-electron chi connectivity index (χ1n) is 4.13. The molecule has 2 N–H and O–H groups in total. The molecule has 0 saturated carbocycles. The molecule has 0 bridgehead atoms. The quantitative estimate of drug-likeness (QED) is 0.717. The number of aromatic nitrogens is 1. The van der Waals surface area contributed by atoms with Gasteiger partial charge in [0.2, 0.25) is 5.88 Å². The lowest BCUT2D eigenvalue weighted by atomic mass is 10.4. The van der Waals surface area contributed by atoms with Gasteiger partial charge in [-0.2, -0.15) is 0 Å². The molecule has 13 heavy (non-hydrogen) atoms. The summed E-state index contributed by atoms with van der Waals surface area (Å²) in [7, 11) is 1.62. The molecule has 0 unspecified atom stereocenters. The van der Waals surface area contributed by atoms with Crippen LogP contribution in [0.4, 0.5) is 0 Å². The second-order valence-electron chi connectivity index (χ2n) is 2.60. The maximum absolute atomic E-state index is 5.47. The van der Waals surface area contributed by atoms with Gasteiger partial charge >= 0.3 is 0 Å². The van der Waals surface area contributed by atoms with Gasteiger partial charge in [-0.25, -0.2) is 4.98 Å². The Morgan fingerprint density at radius 1 is 1.54 bits per heavy atom. The first-order valence-corrected chi connectivity index (χ1v) is 4.13. The zero-order valence-electron chi connectivity index (χ0n) is 7.64. The molecule has 72 valence electrons. The average molecular weight is 182 g/mol. The van der Waals surface area contributed by atoms with Gasteiger partial charge in [-0.3, -0.25) is 0 Å². The van der Waals surface area contributed by atoms with E-state index >= 15 is 0 Å². The normalized spacial score (nSPS) is 12.5. The van der Waals surface area contributed by atoms with Crippen molar-refractivity contribution in [3.05, 3.63) is 24.4 Å². The van der Waals surface area contributed by atoms with E-state index in [4.69, 9.17) is 15.2 Å². The largest absolute Gasteiger partial charge is 0.471 e. The van der Waals surface area contributed by atoms with E-state index in [0.29, 0.717) is 19.0 Å². The van der Waals surface area contributed by atoms with Gasteiger partial charge in [0.05, 0.1) is 6.61 Å². The van der Waals surface area contributed by atoms with Crippen LogP contribution in [0.5, 0.6) is 5.88 Å². The summed E-state index contributed by atoms with van der Waals surface area (Å²) in [5.41, 5.74) is 5.47. The molecule has 0 amide bonds. The molecule has 1 aromatic heterocycles. The van der Waals surface area contributed by atoms with Crippen molar-refractivity contribution in [2.45, 2.75) is 6.10 Å². The van der Waals surface area contributed by atoms with Crippen LogP contribution >= 0.6 is 0 Å². The minimum atomic E-state index is -0.125. The third-order valence-electron chi connectivity index (χ3n) is 1.54. The molecule has 0 aromatic carbocycles. The molecule has 0 aliphatic heterocycles. The fourth-order valence-electron chi connectivity index (χ4n) is 0.924. The first-order chi connectivity index (χ1) is 6.36. The maximum Gasteiger partial charge on any atom is 0.213 e. The van der Waals surface area contributed by atoms with Crippen LogP contribution in [0.1, 0.15) is 0 Å². The molecule has 0 saturated heterocycles. The lowest BCUT2D eigenvalue weighted by Crippen LogP contribution is -2.31. The lowest BCUT2D eigenvalue weighted by Gasteiger charge is -2.14. The second kappa shape index (κ2) is 5.50. The highest BCUT2D eigenvalue weighted by molar-refractivity contribution is 5.09. The fourth-order valence-corrected chi connectivity index (χ4v) is 0.924. The monoisotopic (exact) mass is 182 g/mol. The van der Waals surface area contributed by atoms with E-state index in [9.17, 15) is 0 Å². The van der Waals surface area contributed by atoms with Gasteiger partial charge in [-0.15, -0.1) is 0 Å². The Bertz CT molecular complexity index is 228. The molecule has 0 aliphatic rings. The fraction of sp³-hybridized carbons (Fsp3) is 0.444. The standard InChI is InChI=1S/C9H14N2O2/c1-12-7-8(6-10)13-9-4-2-3-5-11-9/h2-5,8H,6-7,10H2,1H3/t8-/m0/s1. The van der Waals surface area contributed by atoms with Crippen LogP contribution in [0.15, 0.2) is 24.4 Å². The third-order valence-corrected chi connectivity index (χ3v) is 1.54. The summed E-state index contributed by atoms with van der Waals surface area (Å²) in [6.45, 7) is 0.900. The number of methoxy groups -OCH3 is 1. The van der Waals surface area contributed by atoms with Crippen molar-refractivity contribution in [1.29, 1.82) is 0 Å². The average Bonchev–Trinajstić information content (AvgIpc) is 2.19. The molecule has 0 radical (unpaired) electrons. The number of ether oxygens (including phenoxy) is 2.